The quantitative estimate of drug-likeness (QED) is 0.466. The Morgan fingerprint density at radius 2 is 1.88 bits per heavy atom. The van der Waals surface area contributed by atoms with Gasteiger partial charge < -0.3 is 0 Å². The molecule has 0 aromatic heterocycles. The van der Waals surface area contributed by atoms with Crippen molar-refractivity contribution in [3.8, 4) is 0 Å². The van der Waals surface area contributed by atoms with Crippen molar-refractivity contribution >= 4 is 32.8 Å². The van der Waals surface area contributed by atoms with Crippen molar-refractivity contribution in [1.82, 2.24) is 0 Å². The van der Waals surface area contributed by atoms with E-state index in [0.717, 1.165) is 4.58 Å². The highest BCUT2D eigenvalue weighted by molar-refractivity contribution is 8.16. The van der Waals surface area contributed by atoms with Crippen molar-refractivity contribution in [2.75, 3.05) is 18.7 Å². The van der Waals surface area contributed by atoms with Crippen LogP contribution >= 0.6 is 32.8 Å². The maximum atomic E-state index is 2.76. The monoisotopic (exact) mass is 168 g/mol. The minimum atomic E-state index is 0.812. The molecule has 0 bridgehead atoms. The molecule has 0 radical (unpaired) electrons. The largest absolute Gasteiger partial charge is 0.151 e. The first kappa shape index (κ1) is 9.13. The highest BCUT2D eigenvalue weighted by Gasteiger charge is 2.00. The van der Waals surface area contributed by atoms with Crippen LogP contribution in [0.1, 0.15) is 6.42 Å². The lowest BCUT2D eigenvalue weighted by atomic mass is 10.6. The third-order valence-electron chi connectivity index (χ3n) is 0.928. The van der Waals surface area contributed by atoms with E-state index in [0.29, 0.717) is 0 Å². The molecular formula is C5H13PS2. The van der Waals surface area contributed by atoms with Gasteiger partial charge in [-0.1, -0.05) is 0 Å². The molecule has 0 aromatic carbocycles. The molecule has 0 aliphatic rings. The predicted molar refractivity (Wildman–Crippen MR) is 50.0 cm³/mol. The molecule has 3 heteroatoms. The van der Waals surface area contributed by atoms with Crippen molar-refractivity contribution in [3.05, 3.63) is 0 Å². The maximum Gasteiger partial charge on any atom is 0.0500 e. The van der Waals surface area contributed by atoms with Crippen LogP contribution in [0.2, 0.25) is 0 Å². The average Bonchev–Trinajstić information content (AvgIpc) is 1.83. The summed E-state index contributed by atoms with van der Waals surface area (Å²) in [5.74, 6) is 0. The normalized spacial score (nSPS) is 10.5. The van der Waals surface area contributed by atoms with Crippen molar-refractivity contribution < 1.29 is 0 Å². The molecule has 0 saturated heterocycles. The zero-order valence-corrected chi connectivity index (χ0v) is 8.17. The van der Waals surface area contributed by atoms with Crippen LogP contribution in [0.5, 0.6) is 0 Å². The van der Waals surface area contributed by atoms with Crippen LogP contribution in [-0.4, -0.2) is 23.3 Å². The molecule has 0 nitrogen and oxygen atoms in total. The SMILES string of the molecule is CSC(CCP)SC. The maximum absolute atomic E-state index is 2.76. The zero-order valence-electron chi connectivity index (χ0n) is 5.39. The minimum absolute atomic E-state index is 0.812. The minimum Gasteiger partial charge on any atom is -0.151 e. The number of thioether (sulfide) groups is 2. The molecule has 0 aliphatic carbocycles. The average molecular weight is 168 g/mol. The summed E-state index contributed by atoms with van der Waals surface area (Å²) in [5.41, 5.74) is 0. The second-order valence-electron chi connectivity index (χ2n) is 1.48. The van der Waals surface area contributed by atoms with Crippen LogP contribution in [-0.2, 0) is 0 Å². The molecule has 0 saturated carbocycles. The van der Waals surface area contributed by atoms with E-state index in [9.17, 15) is 0 Å². The molecule has 0 spiro atoms. The van der Waals surface area contributed by atoms with Crippen LogP contribution in [0, 0.1) is 0 Å². The van der Waals surface area contributed by atoms with Gasteiger partial charge in [-0.25, -0.2) is 0 Å². The van der Waals surface area contributed by atoms with E-state index < -0.39 is 0 Å². The fourth-order valence-electron chi connectivity index (χ4n) is 0.468. The Balaban J connectivity index is 3.07. The number of hydrogen-bond acceptors (Lipinski definition) is 2. The lowest BCUT2D eigenvalue weighted by Gasteiger charge is -2.07. The second kappa shape index (κ2) is 6.25. The Morgan fingerprint density at radius 1 is 1.38 bits per heavy atom. The summed E-state index contributed by atoms with van der Waals surface area (Å²) >= 11 is 3.89. The van der Waals surface area contributed by atoms with E-state index >= 15 is 0 Å². The van der Waals surface area contributed by atoms with Crippen molar-refractivity contribution in [2.24, 2.45) is 0 Å². The molecule has 0 heterocycles. The van der Waals surface area contributed by atoms with E-state index in [2.05, 4.69) is 21.8 Å². The molecule has 8 heavy (non-hydrogen) atoms. The summed E-state index contributed by atoms with van der Waals surface area (Å²) in [5, 5.41) is 0. The van der Waals surface area contributed by atoms with Gasteiger partial charge in [-0.2, -0.15) is 23.5 Å². The molecule has 0 amide bonds. The lowest BCUT2D eigenvalue weighted by molar-refractivity contribution is 1.08. The summed E-state index contributed by atoms with van der Waals surface area (Å²) in [7, 11) is 2.76. The highest BCUT2D eigenvalue weighted by atomic mass is 32.2. The van der Waals surface area contributed by atoms with Crippen LogP contribution in [0.3, 0.4) is 0 Å². The van der Waals surface area contributed by atoms with Gasteiger partial charge in [0.2, 0.25) is 0 Å². The summed E-state index contributed by atoms with van der Waals surface area (Å²) in [4.78, 5) is 0. The first-order valence-electron chi connectivity index (χ1n) is 2.60. The van der Waals surface area contributed by atoms with Gasteiger partial charge in [-0.15, -0.1) is 9.24 Å². The fourth-order valence-corrected chi connectivity index (χ4v) is 2.80. The Kier molecular flexibility index (Phi) is 7.14. The standard InChI is InChI=1S/C5H13PS2/c1-7-5(8-2)3-4-6/h5H,3-4,6H2,1-2H3. The van der Waals surface area contributed by atoms with Gasteiger partial charge in [0.15, 0.2) is 0 Å². The molecule has 0 aromatic rings. The van der Waals surface area contributed by atoms with Crippen molar-refractivity contribution in [2.45, 2.75) is 11.0 Å². The lowest BCUT2D eigenvalue weighted by Crippen LogP contribution is -1.94. The number of hydrogen-bond donors (Lipinski definition) is 0. The van der Waals surface area contributed by atoms with Crippen molar-refractivity contribution in [3.63, 3.8) is 0 Å². The van der Waals surface area contributed by atoms with Gasteiger partial charge in [0.1, 0.15) is 0 Å². The van der Waals surface area contributed by atoms with Gasteiger partial charge in [-0.05, 0) is 25.1 Å². The summed E-state index contributed by atoms with van der Waals surface area (Å²) in [6.07, 6.45) is 6.88. The van der Waals surface area contributed by atoms with E-state index in [1.807, 2.05) is 23.5 Å². The van der Waals surface area contributed by atoms with E-state index in [1.54, 1.807) is 0 Å². The van der Waals surface area contributed by atoms with Crippen LogP contribution in [0.4, 0.5) is 0 Å². The van der Waals surface area contributed by atoms with Gasteiger partial charge in [0.25, 0.3) is 0 Å². The Labute approximate surface area is 62.8 Å². The van der Waals surface area contributed by atoms with Gasteiger partial charge in [-0.3, -0.25) is 0 Å². The Morgan fingerprint density at radius 3 is 2.00 bits per heavy atom. The Bertz CT molecular complexity index is 45.7. The van der Waals surface area contributed by atoms with Gasteiger partial charge >= 0.3 is 0 Å². The molecule has 0 fully saturated rings. The van der Waals surface area contributed by atoms with E-state index in [1.165, 1.54) is 12.6 Å². The fraction of sp³-hybridized carbons (Fsp3) is 1.00. The molecule has 50 valence electrons. The second-order valence-corrected chi connectivity index (χ2v) is 4.43. The topological polar surface area (TPSA) is 0 Å². The molecule has 0 N–H and O–H groups in total. The van der Waals surface area contributed by atoms with Crippen LogP contribution < -0.4 is 0 Å². The van der Waals surface area contributed by atoms with E-state index in [4.69, 9.17) is 0 Å². The van der Waals surface area contributed by atoms with Gasteiger partial charge in [0, 0.05) is 4.58 Å². The van der Waals surface area contributed by atoms with Crippen LogP contribution in [0.15, 0.2) is 0 Å². The molecule has 1 unspecified atom stereocenters. The molecule has 1 atom stereocenters. The summed E-state index contributed by atoms with van der Waals surface area (Å²) in [6, 6.07) is 0. The predicted octanol–water partition coefficient (Wildman–Crippen LogP) is 2.30. The first-order valence-corrected chi connectivity index (χ1v) is 6.00. The molecule has 0 rings (SSSR count). The van der Waals surface area contributed by atoms with Crippen LogP contribution in [0.25, 0.3) is 0 Å². The first-order chi connectivity index (χ1) is 3.85. The molecule has 0 aliphatic heterocycles. The third kappa shape index (κ3) is 4.05. The zero-order chi connectivity index (χ0) is 6.41. The Hall–Kier alpha value is 1.13. The smallest absolute Gasteiger partial charge is 0.0500 e. The summed E-state index contributed by atoms with van der Waals surface area (Å²) < 4.78 is 0.812. The number of rotatable bonds is 4. The molecular weight excluding hydrogens is 155 g/mol. The highest BCUT2D eigenvalue weighted by Crippen LogP contribution is 2.22. The third-order valence-corrected chi connectivity index (χ3v) is 3.94. The van der Waals surface area contributed by atoms with E-state index in [-0.39, 0.29) is 0 Å². The summed E-state index contributed by atoms with van der Waals surface area (Å²) in [6.45, 7) is 0. The van der Waals surface area contributed by atoms with Gasteiger partial charge in [0.05, 0.1) is 0 Å². The van der Waals surface area contributed by atoms with Crippen molar-refractivity contribution in [1.29, 1.82) is 0 Å².